The van der Waals surface area contributed by atoms with Crippen molar-refractivity contribution >= 4 is 15.9 Å². The summed E-state index contributed by atoms with van der Waals surface area (Å²) >= 11 is 3.30. The molecule has 0 spiro atoms. The maximum Gasteiger partial charge on any atom is 0.147 e. The van der Waals surface area contributed by atoms with Gasteiger partial charge in [0.25, 0.3) is 0 Å². The van der Waals surface area contributed by atoms with Crippen LogP contribution in [-0.4, -0.2) is 10.1 Å². The second kappa shape index (κ2) is 3.92. The van der Waals surface area contributed by atoms with Gasteiger partial charge in [0.15, 0.2) is 0 Å². The molecule has 0 N–H and O–H groups in total. The molecule has 0 aliphatic heterocycles. The first-order valence-electron chi connectivity index (χ1n) is 4.24. The highest BCUT2D eigenvalue weighted by Crippen LogP contribution is 2.18. The monoisotopic (exact) mass is 252 g/mol. The molecular formula is C10H9BrN2O. The molecule has 0 aliphatic rings. The molecule has 0 fully saturated rings. The molecule has 0 saturated carbocycles. The van der Waals surface area contributed by atoms with E-state index in [0.29, 0.717) is 5.33 Å². The summed E-state index contributed by atoms with van der Waals surface area (Å²) in [5.74, 6) is 0.809. The van der Waals surface area contributed by atoms with Crippen LogP contribution < -0.4 is 0 Å². The maximum absolute atomic E-state index is 5.07. The molecule has 2 aromatic rings. The summed E-state index contributed by atoms with van der Waals surface area (Å²) in [6.07, 6.45) is 1.77. The minimum absolute atomic E-state index is 0.672. The van der Waals surface area contributed by atoms with Crippen molar-refractivity contribution in [1.29, 1.82) is 0 Å². The second-order valence-corrected chi connectivity index (χ2v) is 3.59. The SMILES string of the molecule is Cc1ccnc(-c2cc(CBr)on2)c1. The molecule has 2 rings (SSSR count). The fourth-order valence-corrected chi connectivity index (χ4v) is 1.44. The first-order chi connectivity index (χ1) is 6.79. The van der Waals surface area contributed by atoms with Crippen molar-refractivity contribution in [1.82, 2.24) is 10.1 Å². The largest absolute Gasteiger partial charge is 0.360 e. The van der Waals surface area contributed by atoms with Crippen molar-refractivity contribution in [3.8, 4) is 11.4 Å². The lowest BCUT2D eigenvalue weighted by atomic mass is 10.2. The minimum atomic E-state index is 0.672. The van der Waals surface area contributed by atoms with Crippen LogP contribution in [0.15, 0.2) is 28.9 Å². The van der Waals surface area contributed by atoms with Crippen LogP contribution in [0.2, 0.25) is 0 Å². The van der Waals surface area contributed by atoms with E-state index in [0.717, 1.165) is 17.1 Å². The number of pyridine rings is 1. The third-order valence-corrected chi connectivity index (χ3v) is 2.42. The highest BCUT2D eigenvalue weighted by Gasteiger charge is 2.06. The Hall–Kier alpha value is -1.16. The molecule has 0 bridgehead atoms. The van der Waals surface area contributed by atoms with Crippen LogP contribution in [-0.2, 0) is 5.33 Å². The third-order valence-electron chi connectivity index (χ3n) is 1.87. The third kappa shape index (κ3) is 1.85. The number of alkyl halides is 1. The predicted octanol–water partition coefficient (Wildman–Crippen LogP) is 2.94. The van der Waals surface area contributed by atoms with E-state index >= 15 is 0 Å². The average Bonchev–Trinajstić information content (AvgIpc) is 2.66. The van der Waals surface area contributed by atoms with E-state index in [-0.39, 0.29) is 0 Å². The fraction of sp³-hybridized carbons (Fsp3) is 0.200. The molecule has 0 radical (unpaired) electrons. The predicted molar refractivity (Wildman–Crippen MR) is 57.1 cm³/mol. The van der Waals surface area contributed by atoms with Crippen LogP contribution in [0.25, 0.3) is 11.4 Å². The second-order valence-electron chi connectivity index (χ2n) is 3.03. The molecular weight excluding hydrogens is 244 g/mol. The number of hydrogen-bond donors (Lipinski definition) is 0. The molecule has 3 nitrogen and oxygen atoms in total. The molecule has 2 heterocycles. The molecule has 2 aromatic heterocycles. The van der Waals surface area contributed by atoms with Crippen molar-refractivity contribution < 1.29 is 4.52 Å². The van der Waals surface area contributed by atoms with Crippen molar-refractivity contribution in [2.24, 2.45) is 0 Å². The van der Waals surface area contributed by atoms with E-state index in [2.05, 4.69) is 26.1 Å². The topological polar surface area (TPSA) is 38.9 Å². The Morgan fingerprint density at radius 1 is 1.36 bits per heavy atom. The molecule has 72 valence electrons. The number of hydrogen-bond acceptors (Lipinski definition) is 3. The van der Waals surface area contributed by atoms with Crippen molar-refractivity contribution in [3.63, 3.8) is 0 Å². The first kappa shape index (κ1) is 9.40. The van der Waals surface area contributed by atoms with Crippen molar-refractivity contribution in [2.75, 3.05) is 0 Å². The lowest BCUT2D eigenvalue weighted by Gasteiger charge is -1.94. The Kier molecular flexibility index (Phi) is 2.63. The summed E-state index contributed by atoms with van der Waals surface area (Å²) in [4.78, 5) is 4.22. The number of halogens is 1. The zero-order chi connectivity index (χ0) is 9.97. The summed E-state index contributed by atoms with van der Waals surface area (Å²) < 4.78 is 5.07. The van der Waals surface area contributed by atoms with Gasteiger partial charge in [0, 0.05) is 12.3 Å². The molecule has 0 aliphatic carbocycles. The summed E-state index contributed by atoms with van der Waals surface area (Å²) in [5, 5.41) is 4.60. The van der Waals surface area contributed by atoms with Gasteiger partial charge in [-0.15, -0.1) is 0 Å². The normalized spacial score (nSPS) is 10.4. The number of aromatic nitrogens is 2. The molecule has 4 heteroatoms. The van der Waals surface area contributed by atoms with Gasteiger partial charge in [0.05, 0.1) is 11.0 Å². The van der Waals surface area contributed by atoms with Gasteiger partial charge in [-0.2, -0.15) is 0 Å². The van der Waals surface area contributed by atoms with Gasteiger partial charge in [0.1, 0.15) is 11.5 Å². The van der Waals surface area contributed by atoms with Gasteiger partial charge in [0.2, 0.25) is 0 Å². The smallest absolute Gasteiger partial charge is 0.147 e. The quantitative estimate of drug-likeness (QED) is 0.772. The molecule has 14 heavy (non-hydrogen) atoms. The van der Waals surface area contributed by atoms with Gasteiger partial charge >= 0.3 is 0 Å². The van der Waals surface area contributed by atoms with E-state index in [1.165, 1.54) is 5.56 Å². The lowest BCUT2D eigenvalue weighted by Crippen LogP contribution is -1.83. The Morgan fingerprint density at radius 2 is 2.21 bits per heavy atom. The Bertz CT molecular complexity index is 439. The van der Waals surface area contributed by atoms with Crippen LogP contribution in [0, 0.1) is 6.92 Å². The van der Waals surface area contributed by atoms with Gasteiger partial charge in [-0.25, -0.2) is 0 Å². The Balaban J connectivity index is 2.39. The standard InChI is InChI=1S/C10H9BrN2O/c1-7-2-3-12-9(4-7)10-5-8(6-11)14-13-10/h2-5H,6H2,1H3. The van der Waals surface area contributed by atoms with Crippen LogP contribution in [0.4, 0.5) is 0 Å². The van der Waals surface area contributed by atoms with Crippen LogP contribution in [0.1, 0.15) is 11.3 Å². The summed E-state index contributed by atoms with van der Waals surface area (Å²) in [5.41, 5.74) is 2.79. The number of nitrogens with zero attached hydrogens (tertiary/aromatic N) is 2. The molecule has 0 amide bonds. The summed E-state index contributed by atoms with van der Waals surface area (Å²) in [6, 6.07) is 5.82. The summed E-state index contributed by atoms with van der Waals surface area (Å²) in [6.45, 7) is 2.02. The van der Waals surface area contributed by atoms with Crippen LogP contribution >= 0.6 is 15.9 Å². The molecule has 0 unspecified atom stereocenters. The summed E-state index contributed by atoms with van der Waals surface area (Å²) in [7, 11) is 0. The Morgan fingerprint density at radius 3 is 2.86 bits per heavy atom. The zero-order valence-corrected chi connectivity index (χ0v) is 9.28. The molecule has 0 atom stereocenters. The fourth-order valence-electron chi connectivity index (χ4n) is 1.17. The van der Waals surface area contributed by atoms with Gasteiger partial charge in [-0.3, -0.25) is 4.98 Å². The van der Waals surface area contributed by atoms with E-state index < -0.39 is 0 Å². The van der Waals surface area contributed by atoms with Crippen LogP contribution in [0.5, 0.6) is 0 Å². The Labute approximate surface area is 90.3 Å². The van der Waals surface area contributed by atoms with E-state index in [4.69, 9.17) is 4.52 Å². The van der Waals surface area contributed by atoms with Gasteiger partial charge in [-0.05, 0) is 24.6 Å². The molecule has 0 aromatic carbocycles. The number of aryl methyl sites for hydroxylation is 1. The highest BCUT2D eigenvalue weighted by molar-refractivity contribution is 9.08. The van der Waals surface area contributed by atoms with Crippen molar-refractivity contribution in [3.05, 3.63) is 35.7 Å². The molecule has 0 saturated heterocycles. The maximum atomic E-state index is 5.07. The minimum Gasteiger partial charge on any atom is -0.360 e. The first-order valence-corrected chi connectivity index (χ1v) is 5.36. The zero-order valence-electron chi connectivity index (χ0n) is 7.70. The van der Waals surface area contributed by atoms with E-state index in [1.54, 1.807) is 6.20 Å². The van der Waals surface area contributed by atoms with Crippen molar-refractivity contribution in [2.45, 2.75) is 12.3 Å². The van der Waals surface area contributed by atoms with Gasteiger partial charge < -0.3 is 4.52 Å². The van der Waals surface area contributed by atoms with E-state index in [1.807, 2.05) is 25.1 Å². The van der Waals surface area contributed by atoms with E-state index in [9.17, 15) is 0 Å². The lowest BCUT2D eigenvalue weighted by molar-refractivity contribution is 0.397. The highest BCUT2D eigenvalue weighted by atomic mass is 79.9. The van der Waals surface area contributed by atoms with Gasteiger partial charge in [-0.1, -0.05) is 21.1 Å². The average molecular weight is 253 g/mol. The van der Waals surface area contributed by atoms with Crippen LogP contribution in [0.3, 0.4) is 0 Å². The number of rotatable bonds is 2.